The molecule has 0 spiro atoms. The van der Waals surface area contributed by atoms with Crippen LogP contribution in [-0.2, 0) is 9.53 Å². The first-order chi connectivity index (χ1) is 13.6. The molecule has 2 saturated heterocycles. The number of piperidine rings is 2. The van der Waals surface area contributed by atoms with Crippen LogP contribution in [0, 0.1) is 5.92 Å². The van der Waals surface area contributed by atoms with E-state index in [1.807, 2.05) is 24.3 Å². The van der Waals surface area contributed by atoms with Crippen LogP contribution in [0.1, 0.15) is 25.7 Å². The zero-order valence-electron chi connectivity index (χ0n) is 16.1. The van der Waals surface area contributed by atoms with E-state index >= 15 is 0 Å². The van der Waals surface area contributed by atoms with Gasteiger partial charge in [-0.3, -0.25) is 4.79 Å². The van der Waals surface area contributed by atoms with Crippen LogP contribution < -0.4 is 10.2 Å². The number of amides is 2. The highest BCUT2D eigenvalue weighted by Gasteiger charge is 2.30. The SMILES string of the molecule is COC(=O)N1CCC(NC(=O)C2CCN(c3nc4ccccc4o3)CC2)CC1. The maximum Gasteiger partial charge on any atom is 0.409 e. The van der Waals surface area contributed by atoms with Crippen molar-refractivity contribution in [1.82, 2.24) is 15.2 Å². The number of anilines is 1. The van der Waals surface area contributed by atoms with Gasteiger partial charge in [0.05, 0.1) is 7.11 Å². The van der Waals surface area contributed by atoms with Gasteiger partial charge in [0.15, 0.2) is 5.58 Å². The maximum absolute atomic E-state index is 12.6. The molecule has 2 aliphatic heterocycles. The van der Waals surface area contributed by atoms with E-state index in [2.05, 4.69) is 15.2 Å². The minimum atomic E-state index is -0.295. The third kappa shape index (κ3) is 3.90. The lowest BCUT2D eigenvalue weighted by molar-refractivity contribution is -0.126. The Kier molecular flexibility index (Phi) is 5.36. The summed E-state index contributed by atoms with van der Waals surface area (Å²) < 4.78 is 10.6. The van der Waals surface area contributed by atoms with Gasteiger partial charge >= 0.3 is 6.09 Å². The zero-order chi connectivity index (χ0) is 19.5. The summed E-state index contributed by atoms with van der Waals surface area (Å²) in [5, 5.41) is 3.17. The Morgan fingerprint density at radius 1 is 1.11 bits per heavy atom. The van der Waals surface area contributed by atoms with Gasteiger partial charge in [0.25, 0.3) is 6.01 Å². The lowest BCUT2D eigenvalue weighted by atomic mass is 9.95. The van der Waals surface area contributed by atoms with E-state index in [-0.39, 0.29) is 24.0 Å². The molecule has 28 heavy (non-hydrogen) atoms. The molecule has 2 aliphatic rings. The maximum atomic E-state index is 12.6. The molecule has 4 rings (SSSR count). The molecule has 0 bridgehead atoms. The third-order valence-corrected chi connectivity index (χ3v) is 5.69. The van der Waals surface area contributed by atoms with Gasteiger partial charge in [0, 0.05) is 38.1 Å². The van der Waals surface area contributed by atoms with Crippen LogP contribution in [0.4, 0.5) is 10.8 Å². The Balaban J connectivity index is 1.26. The van der Waals surface area contributed by atoms with Gasteiger partial charge in [-0.05, 0) is 37.8 Å². The Morgan fingerprint density at radius 3 is 2.50 bits per heavy atom. The number of methoxy groups -OCH3 is 1. The van der Waals surface area contributed by atoms with Gasteiger partial charge in [0.1, 0.15) is 5.52 Å². The number of carbonyl (C=O) groups excluding carboxylic acids is 2. The molecular weight excluding hydrogens is 360 g/mol. The number of likely N-dealkylation sites (tertiary alicyclic amines) is 1. The molecule has 1 N–H and O–H groups in total. The molecule has 8 nitrogen and oxygen atoms in total. The molecule has 2 aromatic rings. The number of hydrogen-bond donors (Lipinski definition) is 1. The summed E-state index contributed by atoms with van der Waals surface area (Å²) in [7, 11) is 1.39. The summed E-state index contributed by atoms with van der Waals surface area (Å²) in [6.07, 6.45) is 2.80. The van der Waals surface area contributed by atoms with Crippen LogP contribution in [0.25, 0.3) is 11.1 Å². The number of nitrogens with one attached hydrogen (secondary N) is 1. The lowest BCUT2D eigenvalue weighted by Gasteiger charge is -2.34. The quantitative estimate of drug-likeness (QED) is 0.871. The summed E-state index contributed by atoms with van der Waals surface area (Å²) in [6.45, 7) is 2.75. The Hall–Kier alpha value is -2.77. The molecule has 2 amide bonds. The topological polar surface area (TPSA) is 87.9 Å². The molecular formula is C20H26N4O4. The molecule has 8 heteroatoms. The average Bonchev–Trinajstić information content (AvgIpc) is 3.18. The first kappa shape index (κ1) is 18.6. The minimum absolute atomic E-state index is 0.0132. The van der Waals surface area contributed by atoms with E-state index in [4.69, 9.17) is 9.15 Å². The van der Waals surface area contributed by atoms with E-state index in [0.29, 0.717) is 19.1 Å². The second-order valence-electron chi connectivity index (χ2n) is 7.47. The summed E-state index contributed by atoms with van der Waals surface area (Å²) >= 11 is 0. The number of aromatic nitrogens is 1. The van der Waals surface area contributed by atoms with Gasteiger partial charge in [-0.15, -0.1) is 0 Å². The highest BCUT2D eigenvalue weighted by atomic mass is 16.5. The first-order valence-electron chi connectivity index (χ1n) is 9.88. The van der Waals surface area contributed by atoms with Crippen molar-refractivity contribution in [3.63, 3.8) is 0 Å². The smallest absolute Gasteiger partial charge is 0.409 e. The van der Waals surface area contributed by atoms with Gasteiger partial charge in [-0.25, -0.2) is 4.79 Å². The fourth-order valence-corrected chi connectivity index (χ4v) is 3.98. The number of benzene rings is 1. The van der Waals surface area contributed by atoms with Crippen LogP contribution in [0.2, 0.25) is 0 Å². The van der Waals surface area contributed by atoms with Crippen LogP contribution in [-0.4, -0.2) is 61.2 Å². The fraction of sp³-hybridized carbons (Fsp3) is 0.550. The summed E-state index contributed by atoms with van der Waals surface area (Å²) in [5.41, 5.74) is 1.64. The largest absolute Gasteiger partial charge is 0.453 e. The van der Waals surface area contributed by atoms with Crippen LogP contribution in [0.15, 0.2) is 28.7 Å². The van der Waals surface area contributed by atoms with E-state index in [1.54, 1.807) is 4.90 Å². The van der Waals surface area contributed by atoms with Gasteiger partial charge in [-0.1, -0.05) is 12.1 Å². The number of ether oxygens (including phenoxy) is 1. The summed E-state index contributed by atoms with van der Waals surface area (Å²) in [5.74, 6) is 0.132. The number of hydrogen-bond acceptors (Lipinski definition) is 6. The number of para-hydroxylation sites is 2. The molecule has 0 aliphatic carbocycles. The van der Waals surface area contributed by atoms with E-state index in [1.165, 1.54) is 7.11 Å². The Labute approximate surface area is 163 Å². The molecule has 0 radical (unpaired) electrons. The van der Waals surface area contributed by atoms with Crippen molar-refractivity contribution in [1.29, 1.82) is 0 Å². The van der Waals surface area contributed by atoms with Crippen LogP contribution in [0.5, 0.6) is 0 Å². The zero-order valence-corrected chi connectivity index (χ0v) is 16.1. The highest BCUT2D eigenvalue weighted by molar-refractivity contribution is 5.79. The molecule has 1 aromatic carbocycles. The van der Waals surface area contributed by atoms with Crippen LogP contribution in [0.3, 0.4) is 0 Å². The number of carbonyl (C=O) groups is 2. The summed E-state index contributed by atoms with van der Waals surface area (Å²) in [4.78, 5) is 32.5. The third-order valence-electron chi connectivity index (χ3n) is 5.69. The van der Waals surface area contributed by atoms with Crippen molar-refractivity contribution in [3.05, 3.63) is 24.3 Å². The minimum Gasteiger partial charge on any atom is -0.453 e. The van der Waals surface area contributed by atoms with Crippen molar-refractivity contribution in [2.45, 2.75) is 31.7 Å². The average molecular weight is 386 g/mol. The van der Waals surface area contributed by atoms with Crippen molar-refractivity contribution in [3.8, 4) is 0 Å². The Morgan fingerprint density at radius 2 is 1.82 bits per heavy atom. The number of fused-ring (bicyclic) bond motifs is 1. The van der Waals surface area contributed by atoms with E-state index in [9.17, 15) is 9.59 Å². The molecule has 3 heterocycles. The normalized spacial score (nSPS) is 19.0. The van der Waals surface area contributed by atoms with E-state index in [0.717, 1.165) is 49.9 Å². The van der Waals surface area contributed by atoms with Crippen LogP contribution >= 0.6 is 0 Å². The standard InChI is InChI=1S/C20H26N4O4/c1-27-20(26)24-12-8-15(9-13-24)21-18(25)14-6-10-23(11-7-14)19-22-16-4-2-3-5-17(16)28-19/h2-5,14-15H,6-13H2,1H3,(H,21,25). The number of rotatable bonds is 3. The monoisotopic (exact) mass is 386 g/mol. The highest BCUT2D eigenvalue weighted by Crippen LogP contribution is 2.26. The van der Waals surface area contributed by atoms with Crippen molar-refractivity contribution >= 4 is 29.1 Å². The number of nitrogens with zero attached hydrogens (tertiary/aromatic N) is 3. The van der Waals surface area contributed by atoms with Crippen molar-refractivity contribution < 1.29 is 18.7 Å². The Bertz CT molecular complexity index is 803. The van der Waals surface area contributed by atoms with E-state index < -0.39 is 0 Å². The van der Waals surface area contributed by atoms with Gasteiger partial charge in [0.2, 0.25) is 5.91 Å². The van der Waals surface area contributed by atoms with Gasteiger partial charge in [-0.2, -0.15) is 4.98 Å². The number of oxazole rings is 1. The fourth-order valence-electron chi connectivity index (χ4n) is 3.98. The first-order valence-corrected chi connectivity index (χ1v) is 9.88. The van der Waals surface area contributed by atoms with Crippen molar-refractivity contribution in [2.75, 3.05) is 38.2 Å². The lowest BCUT2D eigenvalue weighted by Crippen LogP contribution is -2.49. The molecule has 0 atom stereocenters. The molecule has 150 valence electrons. The molecule has 2 fully saturated rings. The second kappa shape index (κ2) is 8.08. The summed E-state index contributed by atoms with van der Waals surface area (Å²) in [6, 6.07) is 8.49. The van der Waals surface area contributed by atoms with Crippen molar-refractivity contribution in [2.24, 2.45) is 5.92 Å². The molecule has 1 aromatic heterocycles. The predicted molar refractivity (Wildman–Crippen MR) is 104 cm³/mol. The molecule has 0 saturated carbocycles. The second-order valence-corrected chi connectivity index (χ2v) is 7.47. The molecule has 0 unspecified atom stereocenters. The van der Waals surface area contributed by atoms with Gasteiger partial charge < -0.3 is 24.3 Å². The predicted octanol–water partition coefficient (Wildman–Crippen LogP) is 2.39.